The maximum Gasteiger partial charge on any atom is 0.109 e. The van der Waals surface area contributed by atoms with Crippen molar-refractivity contribution < 1.29 is 0 Å². The molecule has 2 N–H and O–H groups in total. The number of pyridine rings is 2. The topological polar surface area (TPSA) is 51.8 Å². The molecule has 0 aliphatic heterocycles. The standard InChI is InChI=1S/C14H10BrN3S/c15-11-3-1-2-10-9(11)4-7-18-14(10)19-13-5-6-17-8-12(13)16/h1-8H,16H2. The minimum Gasteiger partial charge on any atom is -0.397 e. The number of nitrogen functional groups attached to an aromatic ring is 1. The lowest BCUT2D eigenvalue weighted by atomic mass is 10.2. The fourth-order valence-electron chi connectivity index (χ4n) is 1.81. The number of hydrogen-bond acceptors (Lipinski definition) is 4. The van der Waals surface area contributed by atoms with Gasteiger partial charge < -0.3 is 5.73 Å². The number of aromatic nitrogens is 2. The molecular formula is C14H10BrN3S. The molecule has 0 fully saturated rings. The molecule has 0 saturated carbocycles. The van der Waals surface area contributed by atoms with Crippen molar-refractivity contribution in [1.29, 1.82) is 0 Å². The highest BCUT2D eigenvalue weighted by atomic mass is 79.9. The minimum absolute atomic E-state index is 0.668. The molecule has 0 saturated heterocycles. The van der Waals surface area contributed by atoms with Gasteiger partial charge in [0, 0.05) is 32.5 Å². The first-order chi connectivity index (χ1) is 9.25. The molecule has 3 nitrogen and oxygen atoms in total. The maximum absolute atomic E-state index is 5.92. The van der Waals surface area contributed by atoms with Gasteiger partial charge in [0.15, 0.2) is 0 Å². The maximum atomic E-state index is 5.92. The van der Waals surface area contributed by atoms with Gasteiger partial charge in [-0.3, -0.25) is 4.98 Å². The summed E-state index contributed by atoms with van der Waals surface area (Å²) in [6.07, 6.45) is 5.20. The zero-order valence-corrected chi connectivity index (χ0v) is 12.3. The lowest BCUT2D eigenvalue weighted by Gasteiger charge is -2.07. The molecule has 0 unspecified atom stereocenters. The predicted octanol–water partition coefficient (Wildman–Crippen LogP) is 4.13. The Kier molecular flexibility index (Phi) is 3.40. The van der Waals surface area contributed by atoms with Crippen LogP contribution >= 0.6 is 27.7 Å². The van der Waals surface area contributed by atoms with Crippen molar-refractivity contribution in [3.05, 3.63) is 53.4 Å². The summed E-state index contributed by atoms with van der Waals surface area (Å²) in [6.45, 7) is 0. The van der Waals surface area contributed by atoms with Crippen LogP contribution in [0.25, 0.3) is 10.8 Å². The Labute approximate surface area is 123 Å². The fourth-order valence-corrected chi connectivity index (χ4v) is 3.22. The van der Waals surface area contributed by atoms with E-state index < -0.39 is 0 Å². The van der Waals surface area contributed by atoms with E-state index in [2.05, 4.69) is 32.0 Å². The van der Waals surface area contributed by atoms with Gasteiger partial charge in [-0.1, -0.05) is 39.8 Å². The molecule has 5 heteroatoms. The molecule has 1 aromatic carbocycles. The summed E-state index contributed by atoms with van der Waals surface area (Å²) < 4.78 is 1.07. The number of rotatable bonds is 2. The fraction of sp³-hybridized carbons (Fsp3) is 0. The van der Waals surface area contributed by atoms with E-state index >= 15 is 0 Å². The average molecular weight is 332 g/mol. The van der Waals surface area contributed by atoms with E-state index in [-0.39, 0.29) is 0 Å². The molecule has 2 aromatic heterocycles. The van der Waals surface area contributed by atoms with Crippen LogP contribution in [0.4, 0.5) is 5.69 Å². The van der Waals surface area contributed by atoms with Crippen LogP contribution in [0, 0.1) is 0 Å². The van der Waals surface area contributed by atoms with E-state index in [9.17, 15) is 0 Å². The van der Waals surface area contributed by atoms with Gasteiger partial charge in [-0.15, -0.1) is 0 Å². The number of hydrogen-bond donors (Lipinski definition) is 1. The first-order valence-electron chi connectivity index (χ1n) is 5.66. The summed E-state index contributed by atoms with van der Waals surface area (Å²) in [6, 6.07) is 10.00. The van der Waals surface area contributed by atoms with Crippen LogP contribution in [0.2, 0.25) is 0 Å². The summed E-state index contributed by atoms with van der Waals surface area (Å²) in [5.41, 5.74) is 6.59. The second-order valence-corrected chi connectivity index (χ2v) is 5.85. The Balaban J connectivity index is 2.12. The summed E-state index contributed by atoms with van der Waals surface area (Å²) in [5.74, 6) is 0. The molecule has 3 aromatic rings. The van der Waals surface area contributed by atoms with Gasteiger partial charge in [-0.25, -0.2) is 4.98 Å². The van der Waals surface area contributed by atoms with Gasteiger partial charge in [0.1, 0.15) is 5.03 Å². The van der Waals surface area contributed by atoms with E-state index in [4.69, 9.17) is 5.73 Å². The van der Waals surface area contributed by atoms with Crippen molar-refractivity contribution in [3.63, 3.8) is 0 Å². The third-order valence-corrected chi connectivity index (χ3v) is 4.53. The van der Waals surface area contributed by atoms with Crippen LogP contribution in [0.1, 0.15) is 0 Å². The van der Waals surface area contributed by atoms with Crippen LogP contribution in [-0.2, 0) is 0 Å². The first-order valence-corrected chi connectivity index (χ1v) is 7.27. The number of benzene rings is 1. The first kappa shape index (κ1) is 12.4. The van der Waals surface area contributed by atoms with Crippen LogP contribution in [0.5, 0.6) is 0 Å². The van der Waals surface area contributed by atoms with Gasteiger partial charge in [0.05, 0.1) is 11.9 Å². The molecule has 94 valence electrons. The number of anilines is 1. The molecule has 0 aliphatic rings. The molecule has 19 heavy (non-hydrogen) atoms. The molecule has 0 spiro atoms. The SMILES string of the molecule is Nc1cnccc1Sc1nccc2c(Br)cccc12. The molecular weight excluding hydrogens is 322 g/mol. The van der Waals surface area contributed by atoms with E-state index in [1.165, 1.54) is 0 Å². The van der Waals surface area contributed by atoms with Crippen LogP contribution < -0.4 is 5.73 Å². The van der Waals surface area contributed by atoms with E-state index in [1.807, 2.05) is 30.5 Å². The van der Waals surface area contributed by atoms with Crippen LogP contribution in [0.15, 0.2) is 63.3 Å². The number of nitrogens with two attached hydrogens (primary N) is 1. The van der Waals surface area contributed by atoms with Gasteiger partial charge in [0.25, 0.3) is 0 Å². The largest absolute Gasteiger partial charge is 0.397 e. The van der Waals surface area contributed by atoms with Crippen molar-refractivity contribution in [2.24, 2.45) is 0 Å². The Hall–Kier alpha value is -1.59. The smallest absolute Gasteiger partial charge is 0.109 e. The van der Waals surface area contributed by atoms with Crippen molar-refractivity contribution in [2.75, 3.05) is 5.73 Å². The average Bonchev–Trinajstić information content (AvgIpc) is 2.42. The summed E-state index contributed by atoms with van der Waals surface area (Å²) in [4.78, 5) is 9.41. The normalized spacial score (nSPS) is 10.8. The van der Waals surface area contributed by atoms with E-state index in [0.29, 0.717) is 5.69 Å². The van der Waals surface area contributed by atoms with Gasteiger partial charge in [-0.05, 0) is 18.2 Å². The number of nitrogens with zero attached hydrogens (tertiary/aromatic N) is 2. The molecule has 2 heterocycles. The molecule has 0 radical (unpaired) electrons. The highest BCUT2D eigenvalue weighted by Gasteiger charge is 2.08. The number of halogens is 1. The quantitative estimate of drug-likeness (QED) is 0.767. The Bertz CT molecular complexity index is 746. The van der Waals surface area contributed by atoms with Crippen molar-refractivity contribution >= 4 is 44.2 Å². The monoisotopic (exact) mass is 331 g/mol. The van der Waals surface area contributed by atoms with Gasteiger partial charge in [-0.2, -0.15) is 0 Å². The molecule has 0 bridgehead atoms. The lowest BCUT2D eigenvalue weighted by Crippen LogP contribution is -1.90. The Morgan fingerprint density at radius 2 is 1.95 bits per heavy atom. The molecule has 3 rings (SSSR count). The molecule has 0 amide bonds. The van der Waals surface area contributed by atoms with Crippen LogP contribution in [-0.4, -0.2) is 9.97 Å². The summed E-state index contributed by atoms with van der Waals surface area (Å²) >= 11 is 5.11. The second kappa shape index (κ2) is 5.19. The van der Waals surface area contributed by atoms with Gasteiger partial charge >= 0.3 is 0 Å². The Morgan fingerprint density at radius 3 is 2.79 bits per heavy atom. The third-order valence-electron chi connectivity index (χ3n) is 2.73. The van der Waals surface area contributed by atoms with Gasteiger partial charge in [0.2, 0.25) is 0 Å². The lowest BCUT2D eigenvalue weighted by molar-refractivity contribution is 1.17. The predicted molar refractivity (Wildman–Crippen MR) is 82.2 cm³/mol. The van der Waals surface area contributed by atoms with Crippen LogP contribution in [0.3, 0.4) is 0 Å². The highest BCUT2D eigenvalue weighted by molar-refractivity contribution is 9.10. The minimum atomic E-state index is 0.668. The summed E-state index contributed by atoms with van der Waals surface area (Å²) in [5, 5.41) is 3.20. The Morgan fingerprint density at radius 1 is 1.05 bits per heavy atom. The zero-order chi connectivity index (χ0) is 13.2. The molecule has 0 atom stereocenters. The van der Waals surface area contributed by atoms with Crippen molar-refractivity contribution in [1.82, 2.24) is 9.97 Å². The number of fused-ring (bicyclic) bond motifs is 1. The van der Waals surface area contributed by atoms with Crippen molar-refractivity contribution in [2.45, 2.75) is 9.92 Å². The van der Waals surface area contributed by atoms with E-state index in [1.54, 1.807) is 24.2 Å². The van der Waals surface area contributed by atoms with E-state index in [0.717, 1.165) is 25.2 Å². The highest BCUT2D eigenvalue weighted by Crippen LogP contribution is 2.36. The third kappa shape index (κ3) is 2.43. The van der Waals surface area contributed by atoms with Crippen molar-refractivity contribution in [3.8, 4) is 0 Å². The summed E-state index contributed by atoms with van der Waals surface area (Å²) in [7, 11) is 0. The zero-order valence-electron chi connectivity index (χ0n) is 9.88. The molecule has 0 aliphatic carbocycles. The second-order valence-electron chi connectivity index (χ2n) is 3.97.